The van der Waals surface area contributed by atoms with Gasteiger partial charge in [0.2, 0.25) is 5.91 Å². The predicted octanol–water partition coefficient (Wildman–Crippen LogP) is 2.75. The summed E-state index contributed by atoms with van der Waals surface area (Å²) in [6.45, 7) is 4.77. The highest BCUT2D eigenvalue weighted by atomic mass is 32.2. The highest BCUT2D eigenvalue weighted by Gasteiger charge is 1.98. The molecule has 0 heterocycles. The van der Waals surface area contributed by atoms with Gasteiger partial charge in [-0.05, 0) is 18.1 Å². The SMILES string of the molecule is CCC(=O)NCCSCc1ccccc1C. The van der Waals surface area contributed by atoms with E-state index in [-0.39, 0.29) is 5.91 Å². The summed E-state index contributed by atoms with van der Waals surface area (Å²) >= 11 is 1.86. The van der Waals surface area contributed by atoms with Gasteiger partial charge in [0.1, 0.15) is 0 Å². The van der Waals surface area contributed by atoms with Gasteiger partial charge in [-0.15, -0.1) is 0 Å². The molecule has 0 fully saturated rings. The summed E-state index contributed by atoms with van der Waals surface area (Å²) in [6, 6.07) is 8.43. The van der Waals surface area contributed by atoms with Crippen molar-refractivity contribution in [3.63, 3.8) is 0 Å². The number of carbonyl (C=O) groups excluding carboxylic acids is 1. The number of nitrogens with one attached hydrogen (secondary N) is 1. The fourth-order valence-corrected chi connectivity index (χ4v) is 2.28. The highest BCUT2D eigenvalue weighted by Crippen LogP contribution is 2.15. The summed E-state index contributed by atoms with van der Waals surface area (Å²) in [6.07, 6.45) is 0.572. The Balaban J connectivity index is 2.17. The number of aryl methyl sites for hydroxylation is 1. The van der Waals surface area contributed by atoms with Gasteiger partial charge in [-0.1, -0.05) is 31.2 Å². The fourth-order valence-electron chi connectivity index (χ4n) is 1.34. The lowest BCUT2D eigenvalue weighted by molar-refractivity contribution is -0.120. The maximum Gasteiger partial charge on any atom is 0.219 e. The number of thioether (sulfide) groups is 1. The Bertz CT molecular complexity index is 338. The van der Waals surface area contributed by atoms with E-state index in [1.54, 1.807) is 0 Å². The van der Waals surface area contributed by atoms with E-state index in [0.29, 0.717) is 6.42 Å². The van der Waals surface area contributed by atoms with Gasteiger partial charge in [0.25, 0.3) is 0 Å². The minimum Gasteiger partial charge on any atom is -0.355 e. The lowest BCUT2D eigenvalue weighted by Crippen LogP contribution is -2.24. The summed E-state index contributed by atoms with van der Waals surface area (Å²) < 4.78 is 0. The number of amides is 1. The first-order chi connectivity index (χ1) is 7.74. The topological polar surface area (TPSA) is 29.1 Å². The second kappa shape index (κ2) is 7.34. The molecule has 0 aliphatic carbocycles. The van der Waals surface area contributed by atoms with Crippen LogP contribution in [-0.4, -0.2) is 18.2 Å². The molecule has 0 unspecified atom stereocenters. The average Bonchev–Trinajstić information content (AvgIpc) is 2.30. The van der Waals surface area contributed by atoms with E-state index in [0.717, 1.165) is 18.1 Å². The second-order valence-electron chi connectivity index (χ2n) is 3.68. The molecule has 0 spiro atoms. The summed E-state index contributed by atoms with van der Waals surface area (Å²) in [7, 11) is 0. The highest BCUT2D eigenvalue weighted by molar-refractivity contribution is 7.98. The zero-order chi connectivity index (χ0) is 11.8. The summed E-state index contributed by atoms with van der Waals surface area (Å²) in [5.74, 6) is 2.13. The Morgan fingerprint density at radius 3 is 2.81 bits per heavy atom. The molecule has 1 N–H and O–H groups in total. The zero-order valence-electron chi connectivity index (χ0n) is 9.95. The van der Waals surface area contributed by atoms with E-state index in [1.165, 1.54) is 11.1 Å². The third-order valence-electron chi connectivity index (χ3n) is 2.41. The molecule has 0 bridgehead atoms. The fraction of sp³-hybridized carbons (Fsp3) is 0.462. The minimum absolute atomic E-state index is 0.136. The van der Waals surface area contributed by atoms with Gasteiger partial charge in [0.15, 0.2) is 0 Å². The maximum absolute atomic E-state index is 11.0. The van der Waals surface area contributed by atoms with E-state index in [2.05, 4.69) is 36.5 Å². The molecular formula is C13H19NOS. The molecule has 88 valence electrons. The molecule has 0 aliphatic heterocycles. The normalized spacial score (nSPS) is 10.1. The number of hydrogen-bond acceptors (Lipinski definition) is 2. The van der Waals surface area contributed by atoms with Crippen molar-refractivity contribution < 1.29 is 4.79 Å². The van der Waals surface area contributed by atoms with E-state index >= 15 is 0 Å². The first-order valence-corrected chi connectivity index (χ1v) is 6.78. The number of benzene rings is 1. The third-order valence-corrected chi connectivity index (χ3v) is 3.42. The predicted molar refractivity (Wildman–Crippen MR) is 70.6 cm³/mol. The summed E-state index contributed by atoms with van der Waals surface area (Å²) in [5.41, 5.74) is 2.72. The molecular weight excluding hydrogens is 218 g/mol. The first-order valence-electron chi connectivity index (χ1n) is 5.63. The van der Waals surface area contributed by atoms with Crippen molar-refractivity contribution in [3.8, 4) is 0 Å². The lowest BCUT2D eigenvalue weighted by atomic mass is 10.1. The third kappa shape index (κ3) is 4.71. The molecule has 0 saturated carbocycles. The summed E-state index contributed by atoms with van der Waals surface area (Å²) in [5, 5.41) is 2.87. The van der Waals surface area contributed by atoms with Crippen LogP contribution < -0.4 is 5.32 Å². The van der Waals surface area contributed by atoms with Crippen molar-refractivity contribution in [1.82, 2.24) is 5.32 Å². The van der Waals surface area contributed by atoms with E-state index in [9.17, 15) is 4.79 Å². The number of rotatable bonds is 6. The molecule has 0 radical (unpaired) electrons. The van der Waals surface area contributed by atoms with Gasteiger partial charge in [-0.2, -0.15) is 11.8 Å². The Kier molecular flexibility index (Phi) is 6.01. The van der Waals surface area contributed by atoms with Crippen molar-refractivity contribution in [2.24, 2.45) is 0 Å². The molecule has 1 rings (SSSR count). The zero-order valence-corrected chi connectivity index (χ0v) is 10.8. The Morgan fingerprint density at radius 2 is 2.12 bits per heavy atom. The van der Waals surface area contributed by atoms with Crippen LogP contribution in [-0.2, 0) is 10.5 Å². The van der Waals surface area contributed by atoms with Crippen LogP contribution in [0.25, 0.3) is 0 Å². The van der Waals surface area contributed by atoms with Crippen LogP contribution in [0.15, 0.2) is 24.3 Å². The van der Waals surface area contributed by atoms with Gasteiger partial charge >= 0.3 is 0 Å². The second-order valence-corrected chi connectivity index (χ2v) is 4.79. The molecule has 0 aromatic heterocycles. The van der Waals surface area contributed by atoms with Crippen molar-refractivity contribution in [2.75, 3.05) is 12.3 Å². The van der Waals surface area contributed by atoms with Crippen molar-refractivity contribution in [2.45, 2.75) is 26.0 Å². The summed E-state index contributed by atoms with van der Waals surface area (Å²) in [4.78, 5) is 11.0. The quantitative estimate of drug-likeness (QED) is 0.771. The largest absolute Gasteiger partial charge is 0.355 e. The van der Waals surface area contributed by atoms with E-state index < -0.39 is 0 Å². The number of carbonyl (C=O) groups is 1. The van der Waals surface area contributed by atoms with Crippen LogP contribution in [0.1, 0.15) is 24.5 Å². The molecule has 1 aromatic carbocycles. The van der Waals surface area contributed by atoms with Crippen LogP contribution in [0.3, 0.4) is 0 Å². The maximum atomic E-state index is 11.0. The molecule has 0 saturated heterocycles. The average molecular weight is 237 g/mol. The van der Waals surface area contributed by atoms with Crippen molar-refractivity contribution in [1.29, 1.82) is 0 Å². The molecule has 1 aromatic rings. The standard InChI is InChI=1S/C13H19NOS/c1-3-13(15)14-8-9-16-10-12-7-5-4-6-11(12)2/h4-7H,3,8-10H2,1-2H3,(H,14,15). The Labute approximate surface area is 102 Å². The Hall–Kier alpha value is -0.960. The molecule has 2 nitrogen and oxygen atoms in total. The van der Waals surface area contributed by atoms with Gasteiger partial charge in [0, 0.05) is 24.5 Å². The lowest BCUT2D eigenvalue weighted by Gasteiger charge is -2.06. The first kappa shape index (κ1) is 13.1. The van der Waals surface area contributed by atoms with E-state index in [4.69, 9.17) is 0 Å². The van der Waals surface area contributed by atoms with Gasteiger partial charge in [0.05, 0.1) is 0 Å². The van der Waals surface area contributed by atoms with Crippen LogP contribution in [0.2, 0.25) is 0 Å². The van der Waals surface area contributed by atoms with E-state index in [1.807, 2.05) is 18.7 Å². The molecule has 16 heavy (non-hydrogen) atoms. The number of hydrogen-bond donors (Lipinski definition) is 1. The Morgan fingerprint density at radius 1 is 1.38 bits per heavy atom. The van der Waals surface area contributed by atoms with Crippen LogP contribution in [0.5, 0.6) is 0 Å². The van der Waals surface area contributed by atoms with Gasteiger partial charge in [-0.25, -0.2) is 0 Å². The minimum atomic E-state index is 0.136. The molecule has 1 amide bonds. The molecule has 3 heteroatoms. The van der Waals surface area contributed by atoms with Crippen molar-refractivity contribution >= 4 is 17.7 Å². The van der Waals surface area contributed by atoms with Gasteiger partial charge in [-0.3, -0.25) is 4.79 Å². The monoisotopic (exact) mass is 237 g/mol. The van der Waals surface area contributed by atoms with Gasteiger partial charge < -0.3 is 5.32 Å². The molecule has 0 aliphatic rings. The van der Waals surface area contributed by atoms with Crippen LogP contribution in [0.4, 0.5) is 0 Å². The van der Waals surface area contributed by atoms with Crippen LogP contribution in [0, 0.1) is 6.92 Å². The van der Waals surface area contributed by atoms with Crippen LogP contribution >= 0.6 is 11.8 Å². The smallest absolute Gasteiger partial charge is 0.219 e. The molecule has 0 atom stereocenters. The van der Waals surface area contributed by atoms with Crippen molar-refractivity contribution in [3.05, 3.63) is 35.4 Å².